The zero-order valence-corrected chi connectivity index (χ0v) is 8.93. The predicted octanol–water partition coefficient (Wildman–Crippen LogP) is 2.58. The van der Waals surface area contributed by atoms with E-state index in [4.69, 9.17) is 9.47 Å². The molecule has 0 aromatic carbocycles. The topological polar surface area (TPSA) is 18.5 Å². The summed E-state index contributed by atoms with van der Waals surface area (Å²) in [6, 6.07) is 0. The molecule has 3 heteroatoms. The van der Waals surface area contributed by atoms with Gasteiger partial charge in [-0.15, -0.1) is 0 Å². The lowest BCUT2D eigenvalue weighted by molar-refractivity contribution is -0.143. The van der Waals surface area contributed by atoms with Gasteiger partial charge in [-0.1, -0.05) is 22.0 Å². The van der Waals surface area contributed by atoms with Crippen LogP contribution in [0.5, 0.6) is 0 Å². The first-order chi connectivity index (χ1) is 5.58. The van der Waals surface area contributed by atoms with Crippen LogP contribution in [0, 0.1) is 0 Å². The molecule has 1 fully saturated rings. The van der Waals surface area contributed by atoms with Crippen molar-refractivity contribution in [2.75, 3.05) is 0 Å². The molecule has 0 bridgehead atoms. The third kappa shape index (κ3) is 1.45. The van der Waals surface area contributed by atoms with Gasteiger partial charge in [-0.25, -0.2) is 0 Å². The maximum absolute atomic E-state index is 5.73. The van der Waals surface area contributed by atoms with E-state index < -0.39 is 5.79 Å². The van der Waals surface area contributed by atoms with E-state index in [2.05, 4.69) is 22.0 Å². The lowest BCUT2D eigenvalue weighted by atomic mass is 10.0. The van der Waals surface area contributed by atoms with Gasteiger partial charge in [0.15, 0.2) is 5.79 Å². The lowest BCUT2D eigenvalue weighted by Crippen LogP contribution is -2.25. The molecular formula is C9H13BrO2. The zero-order valence-electron chi connectivity index (χ0n) is 7.34. The molecule has 1 aliphatic carbocycles. The molecular weight excluding hydrogens is 220 g/mol. The Hall–Kier alpha value is 0.140. The number of hydrogen-bond acceptors (Lipinski definition) is 2. The molecule has 0 N–H and O–H groups in total. The SMILES string of the molecule is CC1(C)O[C@@H]2C(Br)=CCC[C@H]2O1. The van der Waals surface area contributed by atoms with Crippen LogP contribution in [0.1, 0.15) is 26.7 Å². The molecule has 12 heavy (non-hydrogen) atoms. The van der Waals surface area contributed by atoms with Gasteiger partial charge in [0.1, 0.15) is 6.10 Å². The molecule has 2 atom stereocenters. The largest absolute Gasteiger partial charge is 0.344 e. The average Bonchev–Trinajstić information content (AvgIpc) is 2.25. The molecule has 2 aliphatic rings. The maximum atomic E-state index is 5.73. The van der Waals surface area contributed by atoms with Crippen LogP contribution in [0.4, 0.5) is 0 Å². The summed E-state index contributed by atoms with van der Waals surface area (Å²) in [6.07, 6.45) is 4.71. The van der Waals surface area contributed by atoms with Gasteiger partial charge >= 0.3 is 0 Å². The summed E-state index contributed by atoms with van der Waals surface area (Å²) in [6.45, 7) is 3.93. The second kappa shape index (κ2) is 2.82. The van der Waals surface area contributed by atoms with Gasteiger partial charge in [0.2, 0.25) is 0 Å². The third-order valence-corrected chi connectivity index (χ3v) is 3.02. The molecule has 68 valence electrons. The van der Waals surface area contributed by atoms with E-state index in [0.717, 1.165) is 17.3 Å². The molecule has 1 aliphatic heterocycles. The van der Waals surface area contributed by atoms with Crippen molar-refractivity contribution in [2.24, 2.45) is 0 Å². The predicted molar refractivity (Wildman–Crippen MR) is 50.1 cm³/mol. The highest BCUT2D eigenvalue weighted by molar-refractivity contribution is 9.11. The molecule has 1 saturated heterocycles. The van der Waals surface area contributed by atoms with E-state index >= 15 is 0 Å². The zero-order chi connectivity index (χ0) is 8.77. The van der Waals surface area contributed by atoms with Gasteiger partial charge in [-0.05, 0) is 26.7 Å². The van der Waals surface area contributed by atoms with Crippen molar-refractivity contribution < 1.29 is 9.47 Å². The molecule has 1 heterocycles. The quantitative estimate of drug-likeness (QED) is 0.640. The monoisotopic (exact) mass is 232 g/mol. The van der Waals surface area contributed by atoms with E-state index in [-0.39, 0.29) is 12.2 Å². The van der Waals surface area contributed by atoms with Crippen LogP contribution in [0.25, 0.3) is 0 Å². The molecule has 0 radical (unpaired) electrons. The Labute approximate surface area is 81.1 Å². The van der Waals surface area contributed by atoms with Crippen LogP contribution in [0.15, 0.2) is 10.6 Å². The highest BCUT2D eigenvalue weighted by Crippen LogP contribution is 2.38. The molecule has 0 aromatic rings. The number of fused-ring (bicyclic) bond motifs is 1. The normalized spacial score (nSPS) is 39.1. The molecule has 0 spiro atoms. The number of allylic oxidation sites excluding steroid dienone is 1. The van der Waals surface area contributed by atoms with E-state index in [1.165, 1.54) is 0 Å². The van der Waals surface area contributed by atoms with Crippen LogP contribution in [-0.4, -0.2) is 18.0 Å². The van der Waals surface area contributed by atoms with Gasteiger partial charge in [-0.2, -0.15) is 0 Å². The fourth-order valence-corrected chi connectivity index (χ4v) is 2.40. The van der Waals surface area contributed by atoms with Crippen molar-refractivity contribution in [3.05, 3.63) is 10.6 Å². The summed E-state index contributed by atoms with van der Waals surface area (Å²) >= 11 is 3.50. The Morgan fingerprint density at radius 3 is 2.92 bits per heavy atom. The van der Waals surface area contributed by atoms with Gasteiger partial charge in [0.25, 0.3) is 0 Å². The highest BCUT2D eigenvalue weighted by atomic mass is 79.9. The van der Waals surface area contributed by atoms with Crippen molar-refractivity contribution in [2.45, 2.75) is 44.7 Å². The molecule has 2 nitrogen and oxygen atoms in total. The Kier molecular flexibility index (Phi) is 2.05. The van der Waals surface area contributed by atoms with Crippen molar-refractivity contribution in [1.29, 1.82) is 0 Å². The van der Waals surface area contributed by atoms with Crippen LogP contribution < -0.4 is 0 Å². The Morgan fingerprint density at radius 1 is 1.50 bits per heavy atom. The Bertz CT molecular complexity index is 223. The van der Waals surface area contributed by atoms with Gasteiger partial charge < -0.3 is 9.47 Å². The molecule has 0 aromatic heterocycles. The summed E-state index contributed by atoms with van der Waals surface area (Å²) in [5.41, 5.74) is 0. The highest BCUT2D eigenvalue weighted by Gasteiger charge is 2.43. The fourth-order valence-electron chi connectivity index (χ4n) is 1.78. The van der Waals surface area contributed by atoms with E-state index in [1.807, 2.05) is 13.8 Å². The summed E-state index contributed by atoms with van der Waals surface area (Å²) in [4.78, 5) is 0. The van der Waals surface area contributed by atoms with E-state index in [0.29, 0.717) is 0 Å². The van der Waals surface area contributed by atoms with E-state index in [1.54, 1.807) is 0 Å². The summed E-state index contributed by atoms with van der Waals surface area (Å²) < 4.78 is 12.6. The summed E-state index contributed by atoms with van der Waals surface area (Å²) in [5.74, 6) is -0.410. The number of ether oxygens (including phenoxy) is 2. The van der Waals surface area contributed by atoms with Crippen molar-refractivity contribution in [3.63, 3.8) is 0 Å². The Morgan fingerprint density at radius 2 is 2.25 bits per heavy atom. The van der Waals surface area contributed by atoms with E-state index in [9.17, 15) is 0 Å². The van der Waals surface area contributed by atoms with Crippen LogP contribution >= 0.6 is 15.9 Å². The first kappa shape index (κ1) is 8.73. The van der Waals surface area contributed by atoms with Gasteiger partial charge in [0, 0.05) is 4.48 Å². The minimum atomic E-state index is -0.410. The number of rotatable bonds is 0. The van der Waals surface area contributed by atoms with Gasteiger partial charge in [0.05, 0.1) is 6.10 Å². The minimum Gasteiger partial charge on any atom is -0.344 e. The number of halogens is 1. The van der Waals surface area contributed by atoms with Crippen molar-refractivity contribution in [3.8, 4) is 0 Å². The molecule has 2 rings (SSSR count). The average molecular weight is 233 g/mol. The molecule has 0 amide bonds. The van der Waals surface area contributed by atoms with Crippen LogP contribution in [-0.2, 0) is 9.47 Å². The third-order valence-electron chi connectivity index (χ3n) is 2.25. The second-order valence-corrected chi connectivity index (χ2v) is 4.68. The standard InChI is InChI=1S/C9H13BrO2/c1-9(2)11-7-5-3-4-6(10)8(7)12-9/h4,7-8H,3,5H2,1-2H3/t7-,8-/m1/s1. The second-order valence-electron chi connectivity index (χ2n) is 3.76. The van der Waals surface area contributed by atoms with Crippen molar-refractivity contribution in [1.82, 2.24) is 0 Å². The van der Waals surface area contributed by atoms with Crippen molar-refractivity contribution >= 4 is 15.9 Å². The lowest BCUT2D eigenvalue weighted by Gasteiger charge is -2.19. The van der Waals surface area contributed by atoms with Gasteiger partial charge in [-0.3, -0.25) is 0 Å². The Balaban J connectivity index is 2.18. The maximum Gasteiger partial charge on any atom is 0.164 e. The molecule has 0 saturated carbocycles. The van der Waals surface area contributed by atoms with Crippen LogP contribution in [0.3, 0.4) is 0 Å². The smallest absolute Gasteiger partial charge is 0.164 e. The summed E-state index contributed by atoms with van der Waals surface area (Å²) in [7, 11) is 0. The number of hydrogen-bond donors (Lipinski definition) is 0. The molecule has 0 unspecified atom stereocenters. The fraction of sp³-hybridized carbons (Fsp3) is 0.778. The first-order valence-corrected chi connectivity index (χ1v) is 5.09. The first-order valence-electron chi connectivity index (χ1n) is 4.30. The van der Waals surface area contributed by atoms with Crippen LogP contribution in [0.2, 0.25) is 0 Å². The minimum absolute atomic E-state index is 0.133. The summed E-state index contributed by atoms with van der Waals surface area (Å²) in [5, 5.41) is 0.